The Balaban J connectivity index is 1.50. The number of fused-ring (bicyclic) bond motifs is 2. The van der Waals surface area contributed by atoms with Crippen molar-refractivity contribution in [2.24, 2.45) is 0 Å². The first-order chi connectivity index (χ1) is 16.3. The zero-order valence-electron chi connectivity index (χ0n) is 18.9. The van der Waals surface area contributed by atoms with Crippen LogP contribution in [0, 0.1) is 6.92 Å². The van der Waals surface area contributed by atoms with Gasteiger partial charge in [0.05, 0.1) is 22.5 Å². The van der Waals surface area contributed by atoms with Gasteiger partial charge in [0.25, 0.3) is 5.91 Å². The van der Waals surface area contributed by atoms with Crippen molar-refractivity contribution in [3.05, 3.63) is 64.8 Å². The molecule has 5 rings (SSSR count). The number of hydrogen-bond donors (Lipinski definition) is 2. The highest BCUT2D eigenvalue weighted by Gasteiger charge is 2.29. The lowest BCUT2D eigenvalue weighted by atomic mass is 9.89. The molecule has 2 heterocycles. The number of piperazine rings is 1. The SMILES string of the molecule is Cc1ccc2nc3c(c(C(=O)Nc4cccc(S(=O)(=O)N5CCNC(=O)C5)c4)c2c1)CCCC3. The van der Waals surface area contributed by atoms with E-state index < -0.39 is 10.0 Å². The van der Waals surface area contributed by atoms with Crippen LogP contribution in [0.25, 0.3) is 10.9 Å². The molecule has 0 bridgehead atoms. The summed E-state index contributed by atoms with van der Waals surface area (Å²) in [6.07, 6.45) is 3.69. The van der Waals surface area contributed by atoms with Crippen molar-refractivity contribution in [1.29, 1.82) is 0 Å². The van der Waals surface area contributed by atoms with Gasteiger partial charge in [-0.2, -0.15) is 4.31 Å². The molecule has 1 aliphatic carbocycles. The number of sulfonamides is 1. The lowest BCUT2D eigenvalue weighted by molar-refractivity contribution is -0.122. The van der Waals surface area contributed by atoms with Gasteiger partial charge in [-0.15, -0.1) is 0 Å². The molecule has 1 saturated heterocycles. The summed E-state index contributed by atoms with van der Waals surface area (Å²) >= 11 is 0. The van der Waals surface area contributed by atoms with Crippen LogP contribution in [0.1, 0.15) is 40.0 Å². The predicted molar refractivity (Wildman–Crippen MR) is 129 cm³/mol. The molecule has 0 radical (unpaired) electrons. The van der Waals surface area contributed by atoms with Crippen LogP contribution in [0.15, 0.2) is 47.4 Å². The predicted octanol–water partition coefficient (Wildman–Crippen LogP) is 2.79. The third-order valence-electron chi connectivity index (χ3n) is 6.38. The second-order valence-corrected chi connectivity index (χ2v) is 10.7. The monoisotopic (exact) mass is 478 g/mol. The number of nitrogens with zero attached hydrogens (tertiary/aromatic N) is 2. The van der Waals surface area contributed by atoms with Crippen LogP contribution in [0.4, 0.5) is 5.69 Å². The number of nitrogens with one attached hydrogen (secondary N) is 2. The van der Waals surface area contributed by atoms with Crippen LogP contribution in [0.3, 0.4) is 0 Å². The van der Waals surface area contributed by atoms with Crippen molar-refractivity contribution < 1.29 is 18.0 Å². The zero-order valence-corrected chi connectivity index (χ0v) is 19.7. The molecule has 2 aromatic carbocycles. The number of hydrogen-bond acceptors (Lipinski definition) is 5. The van der Waals surface area contributed by atoms with E-state index in [0.717, 1.165) is 57.7 Å². The Morgan fingerprint density at radius 3 is 2.76 bits per heavy atom. The molecule has 0 spiro atoms. The first-order valence-electron chi connectivity index (χ1n) is 11.4. The summed E-state index contributed by atoms with van der Waals surface area (Å²) in [4.78, 5) is 30.1. The molecule has 0 unspecified atom stereocenters. The molecule has 8 nitrogen and oxygen atoms in total. The maximum atomic E-state index is 13.6. The van der Waals surface area contributed by atoms with E-state index in [0.29, 0.717) is 11.3 Å². The lowest BCUT2D eigenvalue weighted by Crippen LogP contribution is -2.49. The van der Waals surface area contributed by atoms with E-state index in [-0.39, 0.29) is 36.3 Å². The normalized spacial score (nSPS) is 16.7. The summed E-state index contributed by atoms with van der Waals surface area (Å²) in [7, 11) is -3.86. The maximum absolute atomic E-state index is 13.6. The van der Waals surface area contributed by atoms with Gasteiger partial charge < -0.3 is 10.6 Å². The van der Waals surface area contributed by atoms with Crippen molar-refractivity contribution in [2.75, 3.05) is 25.0 Å². The number of aryl methyl sites for hydroxylation is 2. The number of carbonyl (C=O) groups excluding carboxylic acids is 2. The lowest BCUT2D eigenvalue weighted by Gasteiger charge is -2.26. The van der Waals surface area contributed by atoms with Crippen LogP contribution >= 0.6 is 0 Å². The second-order valence-electron chi connectivity index (χ2n) is 8.81. The van der Waals surface area contributed by atoms with Crippen LogP contribution < -0.4 is 10.6 Å². The largest absolute Gasteiger partial charge is 0.354 e. The van der Waals surface area contributed by atoms with Crippen molar-refractivity contribution in [2.45, 2.75) is 37.5 Å². The second kappa shape index (κ2) is 8.81. The molecule has 2 N–H and O–H groups in total. The number of benzene rings is 2. The third kappa shape index (κ3) is 4.17. The minimum absolute atomic E-state index is 0.0393. The van der Waals surface area contributed by atoms with Gasteiger partial charge in [-0.25, -0.2) is 8.42 Å². The number of aromatic nitrogens is 1. The molecule has 2 amide bonds. The van der Waals surface area contributed by atoms with E-state index in [1.807, 2.05) is 25.1 Å². The van der Waals surface area contributed by atoms with E-state index in [1.165, 1.54) is 12.1 Å². The fourth-order valence-corrected chi connectivity index (χ4v) is 6.14. The molecule has 1 aliphatic heterocycles. The molecule has 176 valence electrons. The topological polar surface area (TPSA) is 108 Å². The van der Waals surface area contributed by atoms with E-state index in [2.05, 4.69) is 10.6 Å². The molecule has 3 aromatic rings. The summed E-state index contributed by atoms with van der Waals surface area (Å²) in [6.45, 7) is 2.25. The highest BCUT2D eigenvalue weighted by atomic mass is 32.2. The summed E-state index contributed by atoms with van der Waals surface area (Å²) in [6, 6.07) is 12.1. The van der Waals surface area contributed by atoms with E-state index >= 15 is 0 Å². The molecule has 34 heavy (non-hydrogen) atoms. The average molecular weight is 479 g/mol. The van der Waals surface area contributed by atoms with Gasteiger partial charge in [0, 0.05) is 29.9 Å². The van der Waals surface area contributed by atoms with E-state index in [1.54, 1.807) is 12.1 Å². The quantitative estimate of drug-likeness (QED) is 0.600. The fraction of sp³-hybridized carbons (Fsp3) is 0.320. The molecular formula is C25H26N4O4S. The van der Waals surface area contributed by atoms with Crippen LogP contribution in [0.2, 0.25) is 0 Å². The highest BCUT2D eigenvalue weighted by Crippen LogP contribution is 2.31. The molecule has 0 atom stereocenters. The average Bonchev–Trinajstić information content (AvgIpc) is 2.82. The Kier molecular flexibility index (Phi) is 5.83. The number of anilines is 1. The fourth-order valence-electron chi connectivity index (χ4n) is 4.69. The Bertz CT molecular complexity index is 1420. The van der Waals surface area contributed by atoms with E-state index in [4.69, 9.17) is 4.98 Å². The van der Waals surface area contributed by atoms with Crippen molar-refractivity contribution in [3.63, 3.8) is 0 Å². The van der Waals surface area contributed by atoms with Gasteiger partial charge in [-0.1, -0.05) is 17.7 Å². The first-order valence-corrected chi connectivity index (χ1v) is 12.9. The van der Waals surface area contributed by atoms with Gasteiger partial charge >= 0.3 is 0 Å². The van der Waals surface area contributed by atoms with Crippen LogP contribution in [-0.2, 0) is 27.7 Å². The standard InChI is InChI=1S/C25H26N4O4S/c1-16-9-10-22-20(13-16)24(19-7-2-3-8-21(19)28-22)25(31)27-17-5-4-6-18(14-17)34(32,33)29-12-11-26-23(30)15-29/h4-6,9-10,13-14H,2-3,7-8,11-12,15H2,1H3,(H,26,30)(H,27,31). The third-order valence-corrected chi connectivity index (χ3v) is 8.22. The van der Waals surface area contributed by atoms with Crippen LogP contribution in [0.5, 0.6) is 0 Å². The van der Waals surface area contributed by atoms with Crippen molar-refractivity contribution >= 4 is 38.4 Å². The Hall–Kier alpha value is -3.30. The smallest absolute Gasteiger partial charge is 0.256 e. The zero-order chi connectivity index (χ0) is 23.9. The van der Waals surface area contributed by atoms with Crippen LogP contribution in [-0.4, -0.2) is 49.2 Å². The number of carbonyl (C=O) groups is 2. The van der Waals surface area contributed by atoms with Gasteiger partial charge in [0.1, 0.15) is 0 Å². The minimum Gasteiger partial charge on any atom is -0.354 e. The molecular weight excluding hydrogens is 452 g/mol. The van der Waals surface area contributed by atoms with Gasteiger partial charge in [0.15, 0.2) is 0 Å². The van der Waals surface area contributed by atoms with Crippen molar-refractivity contribution in [1.82, 2.24) is 14.6 Å². The molecule has 1 fully saturated rings. The number of rotatable bonds is 4. The Labute approximate surface area is 198 Å². The molecule has 2 aliphatic rings. The first kappa shape index (κ1) is 22.5. The van der Waals surface area contributed by atoms with Gasteiger partial charge in [-0.3, -0.25) is 14.6 Å². The van der Waals surface area contributed by atoms with Gasteiger partial charge in [-0.05, 0) is 68.5 Å². The Morgan fingerprint density at radius 1 is 1.12 bits per heavy atom. The Morgan fingerprint density at radius 2 is 1.94 bits per heavy atom. The van der Waals surface area contributed by atoms with E-state index in [9.17, 15) is 18.0 Å². The summed E-state index contributed by atoms with van der Waals surface area (Å²) in [5.41, 5.74) is 4.77. The number of pyridine rings is 1. The summed E-state index contributed by atoms with van der Waals surface area (Å²) in [5, 5.41) is 6.35. The molecule has 1 aromatic heterocycles. The molecule has 0 saturated carbocycles. The maximum Gasteiger partial charge on any atom is 0.256 e. The van der Waals surface area contributed by atoms with Crippen molar-refractivity contribution in [3.8, 4) is 0 Å². The summed E-state index contributed by atoms with van der Waals surface area (Å²) in [5.74, 6) is -0.605. The highest BCUT2D eigenvalue weighted by molar-refractivity contribution is 7.89. The molecule has 9 heteroatoms. The summed E-state index contributed by atoms with van der Waals surface area (Å²) < 4.78 is 27.3. The number of amides is 2. The minimum atomic E-state index is -3.86. The van der Waals surface area contributed by atoms with Gasteiger partial charge in [0.2, 0.25) is 15.9 Å².